The van der Waals surface area contributed by atoms with Gasteiger partial charge < -0.3 is 0 Å². The summed E-state index contributed by atoms with van der Waals surface area (Å²) in [5.74, 6) is 2.90. The molecule has 0 aliphatic carbocycles. The van der Waals surface area contributed by atoms with Gasteiger partial charge in [0.25, 0.3) is 0 Å². The van der Waals surface area contributed by atoms with Crippen molar-refractivity contribution in [2.24, 2.45) is 0 Å². The van der Waals surface area contributed by atoms with Crippen LogP contribution in [0.1, 0.15) is 6.42 Å². The Hall–Kier alpha value is 0.310. The fraction of sp³-hybridized carbons (Fsp3) is 1.00. The Morgan fingerprint density at radius 2 is 2.00 bits per heavy atom. The van der Waals surface area contributed by atoms with E-state index in [2.05, 4.69) is 18.0 Å². The van der Waals surface area contributed by atoms with Crippen LogP contribution in [0.4, 0.5) is 0 Å². The molecular weight excluding hydrogens is 106 g/mol. The molecule has 0 aromatic rings. The van der Waals surface area contributed by atoms with Gasteiger partial charge in [-0.05, 0) is 31.2 Å². The molecule has 1 heterocycles. The van der Waals surface area contributed by atoms with E-state index in [9.17, 15) is 0 Å². The highest BCUT2D eigenvalue weighted by molar-refractivity contribution is 8.32. The number of rotatable bonds is 1. The lowest BCUT2D eigenvalue weighted by atomic mass is 10.5. The molecule has 7 heavy (non-hydrogen) atoms. The molecule has 1 N–H and O–H groups in total. The van der Waals surface area contributed by atoms with Crippen molar-refractivity contribution in [2.45, 2.75) is 6.42 Å². The molecule has 0 atom stereocenters. The predicted octanol–water partition coefficient (Wildman–Crippen LogP) is 0.959. The summed E-state index contributed by atoms with van der Waals surface area (Å²) in [6.45, 7) is 0. The molecule has 0 aromatic heterocycles. The first-order valence-corrected chi connectivity index (χ1v) is 5.07. The molecule has 0 radical (unpaired) electrons. The first-order chi connectivity index (χ1) is 3.27. The lowest BCUT2D eigenvalue weighted by Crippen LogP contribution is -2.30. The molecule has 1 rings (SSSR count). The first kappa shape index (κ1) is 5.45. The normalized spacial score (nSPS) is 31.1. The third-order valence-electron chi connectivity index (χ3n) is 1.68. The van der Waals surface area contributed by atoms with Crippen molar-refractivity contribution >= 4 is 10.2 Å². The molecular formula is C5H13NS. The minimum absolute atomic E-state index is 0.227. The van der Waals surface area contributed by atoms with Gasteiger partial charge in [0, 0.05) is 0 Å². The maximum absolute atomic E-state index is 3.36. The molecule has 1 aliphatic rings. The fourth-order valence-electron chi connectivity index (χ4n) is 0.781. The first-order valence-electron chi connectivity index (χ1n) is 2.69. The lowest BCUT2D eigenvalue weighted by molar-refractivity contribution is 0.986. The second kappa shape index (κ2) is 1.67. The molecule has 1 fully saturated rings. The van der Waals surface area contributed by atoms with Crippen molar-refractivity contribution in [2.75, 3.05) is 24.8 Å². The zero-order chi connectivity index (χ0) is 5.33. The van der Waals surface area contributed by atoms with Crippen LogP contribution in [0.2, 0.25) is 0 Å². The third kappa shape index (κ3) is 0.916. The lowest BCUT2D eigenvalue weighted by Gasteiger charge is -2.44. The van der Waals surface area contributed by atoms with Crippen molar-refractivity contribution in [3.8, 4) is 0 Å². The van der Waals surface area contributed by atoms with Crippen LogP contribution in [0.15, 0.2) is 0 Å². The van der Waals surface area contributed by atoms with Gasteiger partial charge in [0.2, 0.25) is 0 Å². The van der Waals surface area contributed by atoms with Crippen LogP contribution in [0.3, 0.4) is 0 Å². The highest BCUT2D eigenvalue weighted by Gasteiger charge is 2.23. The summed E-state index contributed by atoms with van der Waals surface area (Å²) in [6, 6.07) is 0. The van der Waals surface area contributed by atoms with Crippen LogP contribution in [0, 0.1) is 0 Å². The number of hydrogen-bond donors (Lipinski definition) is 1. The highest BCUT2D eigenvalue weighted by Crippen LogP contribution is 2.48. The zero-order valence-corrected chi connectivity index (χ0v) is 5.85. The molecule has 0 unspecified atom stereocenters. The van der Waals surface area contributed by atoms with Crippen molar-refractivity contribution < 1.29 is 0 Å². The van der Waals surface area contributed by atoms with Crippen LogP contribution in [0.25, 0.3) is 0 Å². The smallest absolute Gasteiger partial charge is 0.00713 e. The molecule has 0 saturated carbocycles. The van der Waals surface area contributed by atoms with Gasteiger partial charge in [0.15, 0.2) is 0 Å². The van der Waals surface area contributed by atoms with E-state index in [0.717, 1.165) is 0 Å². The maximum atomic E-state index is 3.36. The highest BCUT2D eigenvalue weighted by atomic mass is 32.3. The van der Waals surface area contributed by atoms with Crippen LogP contribution < -0.4 is 4.72 Å². The second-order valence-electron chi connectivity index (χ2n) is 2.24. The molecule has 44 valence electrons. The van der Waals surface area contributed by atoms with Crippen molar-refractivity contribution in [3.05, 3.63) is 0 Å². The number of hydrogen-bond acceptors (Lipinski definition) is 1. The standard InChI is InChI=1S/C5H13NS/c1-6-7(2)4-3-5-7/h6H,3-5H2,1-2H3. The van der Waals surface area contributed by atoms with Gasteiger partial charge in [-0.1, -0.05) is 0 Å². The van der Waals surface area contributed by atoms with E-state index in [1.807, 2.05) is 0 Å². The summed E-state index contributed by atoms with van der Waals surface area (Å²) in [5.41, 5.74) is 0. The van der Waals surface area contributed by atoms with Crippen molar-refractivity contribution in [1.29, 1.82) is 0 Å². The molecule has 1 saturated heterocycles. The van der Waals surface area contributed by atoms with E-state index in [1.54, 1.807) is 0 Å². The fourth-order valence-corrected chi connectivity index (χ4v) is 2.34. The van der Waals surface area contributed by atoms with Gasteiger partial charge in [0.1, 0.15) is 0 Å². The van der Waals surface area contributed by atoms with Crippen molar-refractivity contribution in [1.82, 2.24) is 4.72 Å². The Kier molecular flexibility index (Phi) is 1.30. The van der Waals surface area contributed by atoms with Gasteiger partial charge in [0.05, 0.1) is 0 Å². The summed E-state index contributed by atoms with van der Waals surface area (Å²) in [4.78, 5) is 0. The summed E-state index contributed by atoms with van der Waals surface area (Å²) in [6.07, 6.45) is 3.81. The Balaban J connectivity index is 2.29. The molecule has 1 nitrogen and oxygen atoms in total. The van der Waals surface area contributed by atoms with E-state index in [0.29, 0.717) is 0 Å². The van der Waals surface area contributed by atoms with Crippen molar-refractivity contribution in [3.63, 3.8) is 0 Å². The SMILES string of the molecule is CNS1(C)CCC1. The monoisotopic (exact) mass is 119 g/mol. The molecule has 0 aromatic carbocycles. The van der Waals surface area contributed by atoms with Crippen LogP contribution >= 0.6 is 10.2 Å². The Bertz CT molecular complexity index is 63.0. The quantitative estimate of drug-likeness (QED) is 0.542. The maximum Gasteiger partial charge on any atom is -0.00713 e. The van der Waals surface area contributed by atoms with Crippen LogP contribution in [-0.4, -0.2) is 24.8 Å². The minimum atomic E-state index is -0.227. The largest absolute Gasteiger partial charge is 0.284 e. The van der Waals surface area contributed by atoms with Gasteiger partial charge in [-0.2, -0.15) is 10.2 Å². The van der Waals surface area contributed by atoms with E-state index < -0.39 is 0 Å². The molecule has 0 spiro atoms. The Labute approximate surface area is 46.9 Å². The number of nitrogens with one attached hydrogen (secondary N) is 1. The van der Waals surface area contributed by atoms with Crippen LogP contribution in [-0.2, 0) is 0 Å². The zero-order valence-electron chi connectivity index (χ0n) is 5.03. The molecule has 0 amide bonds. The van der Waals surface area contributed by atoms with Gasteiger partial charge in [-0.3, -0.25) is 4.72 Å². The summed E-state index contributed by atoms with van der Waals surface area (Å²) in [5, 5.41) is 0. The second-order valence-corrected chi connectivity index (χ2v) is 6.01. The van der Waals surface area contributed by atoms with E-state index >= 15 is 0 Å². The molecule has 1 aliphatic heterocycles. The van der Waals surface area contributed by atoms with E-state index in [4.69, 9.17) is 0 Å². The Morgan fingerprint density at radius 1 is 1.43 bits per heavy atom. The molecule has 0 bridgehead atoms. The average Bonchev–Trinajstić information content (AvgIpc) is 1.61. The van der Waals surface area contributed by atoms with Gasteiger partial charge in [-0.25, -0.2) is 0 Å². The Morgan fingerprint density at radius 3 is 2.00 bits per heavy atom. The summed E-state index contributed by atoms with van der Waals surface area (Å²) >= 11 is 0. The van der Waals surface area contributed by atoms with E-state index in [1.165, 1.54) is 17.9 Å². The minimum Gasteiger partial charge on any atom is -0.284 e. The van der Waals surface area contributed by atoms with Gasteiger partial charge in [-0.15, -0.1) is 0 Å². The predicted molar refractivity (Wildman–Crippen MR) is 36.9 cm³/mol. The summed E-state index contributed by atoms with van der Waals surface area (Å²) < 4.78 is 3.36. The van der Waals surface area contributed by atoms with E-state index in [-0.39, 0.29) is 10.2 Å². The van der Waals surface area contributed by atoms with Gasteiger partial charge >= 0.3 is 0 Å². The molecule has 2 heteroatoms. The third-order valence-corrected chi connectivity index (χ3v) is 5.05. The topological polar surface area (TPSA) is 12.0 Å². The summed E-state index contributed by atoms with van der Waals surface area (Å²) in [7, 11) is 1.85. The average molecular weight is 119 g/mol. The van der Waals surface area contributed by atoms with Crippen LogP contribution in [0.5, 0.6) is 0 Å².